The first-order valence-corrected chi connectivity index (χ1v) is 5.18. The zero-order valence-electron chi connectivity index (χ0n) is 10.1. The summed E-state index contributed by atoms with van der Waals surface area (Å²) < 4.78 is 5.13. The third kappa shape index (κ3) is 3.24. The number of hydrazone groups is 1. The van der Waals surface area contributed by atoms with Crippen molar-refractivity contribution in [3.05, 3.63) is 29.8 Å². The summed E-state index contributed by atoms with van der Waals surface area (Å²) in [5, 5.41) is 3.67. The summed E-state index contributed by atoms with van der Waals surface area (Å²) >= 11 is 0. The van der Waals surface area contributed by atoms with Gasteiger partial charge in [0.1, 0.15) is 5.75 Å². The molecule has 0 heterocycles. The van der Waals surface area contributed by atoms with E-state index in [0.717, 1.165) is 12.3 Å². The minimum absolute atomic E-state index is 0.274. The molecule has 1 N–H and O–H groups in total. The molecule has 1 unspecified atom stereocenters. The zero-order valence-corrected chi connectivity index (χ0v) is 10.1. The highest BCUT2D eigenvalue weighted by Crippen LogP contribution is 2.20. The third-order valence-corrected chi connectivity index (χ3v) is 2.52. The molecule has 0 aromatic heterocycles. The number of hydrogen-bond donors (Lipinski definition) is 1. The van der Waals surface area contributed by atoms with Gasteiger partial charge in [-0.1, -0.05) is 12.1 Å². The summed E-state index contributed by atoms with van der Waals surface area (Å²) in [5.41, 5.74) is 4.12. The maximum atomic E-state index is 5.13. The lowest BCUT2D eigenvalue weighted by atomic mass is 10.1. The molecule has 4 heteroatoms. The topological polar surface area (TPSA) is 36.9 Å². The van der Waals surface area contributed by atoms with Gasteiger partial charge in [-0.3, -0.25) is 0 Å². The zero-order chi connectivity index (χ0) is 12.0. The minimum atomic E-state index is 0.274. The summed E-state index contributed by atoms with van der Waals surface area (Å²) in [6, 6.07) is 8.33. The van der Waals surface area contributed by atoms with Crippen molar-refractivity contribution in [3.63, 3.8) is 0 Å². The van der Waals surface area contributed by atoms with Crippen LogP contribution >= 0.6 is 0 Å². The highest BCUT2D eigenvalue weighted by molar-refractivity contribution is 5.29. The lowest BCUT2D eigenvalue weighted by molar-refractivity contribution is 0.290. The number of likely N-dealkylation sites (N-methyl/N-ethyl adjacent to an activating group) is 1. The summed E-state index contributed by atoms with van der Waals surface area (Å²) in [6.07, 6.45) is 0. The van der Waals surface area contributed by atoms with Crippen LogP contribution in [0.1, 0.15) is 11.6 Å². The van der Waals surface area contributed by atoms with Crippen LogP contribution in [0.4, 0.5) is 0 Å². The van der Waals surface area contributed by atoms with Crippen molar-refractivity contribution in [2.45, 2.75) is 6.04 Å². The predicted molar refractivity (Wildman–Crippen MR) is 67.0 cm³/mol. The van der Waals surface area contributed by atoms with Crippen LogP contribution in [0.3, 0.4) is 0 Å². The number of nitrogens with one attached hydrogen (secondary N) is 1. The van der Waals surface area contributed by atoms with Gasteiger partial charge in [0.15, 0.2) is 0 Å². The van der Waals surface area contributed by atoms with E-state index in [1.54, 1.807) is 7.11 Å². The average molecular weight is 221 g/mol. The van der Waals surface area contributed by atoms with Gasteiger partial charge in [0.05, 0.1) is 19.7 Å². The Morgan fingerprint density at radius 1 is 1.38 bits per heavy atom. The average Bonchev–Trinajstić information content (AvgIpc) is 2.30. The minimum Gasteiger partial charge on any atom is -0.497 e. The van der Waals surface area contributed by atoms with Gasteiger partial charge in [0.2, 0.25) is 0 Å². The maximum absolute atomic E-state index is 5.13. The van der Waals surface area contributed by atoms with E-state index in [1.807, 2.05) is 26.2 Å². The van der Waals surface area contributed by atoms with E-state index in [9.17, 15) is 0 Å². The summed E-state index contributed by atoms with van der Waals surface area (Å²) in [7, 11) is 5.75. The standard InChI is InChI=1S/C12H19N3O/c1-13-14-9-12(15(2)3)10-5-7-11(16-4)8-6-10/h5-8,12,14H,1,9H2,2-4H3. The monoisotopic (exact) mass is 221 g/mol. The molecule has 0 radical (unpaired) electrons. The molecule has 88 valence electrons. The normalized spacial score (nSPS) is 12.2. The quantitative estimate of drug-likeness (QED) is 0.584. The first-order chi connectivity index (χ1) is 7.69. The summed E-state index contributed by atoms with van der Waals surface area (Å²) in [5.74, 6) is 0.871. The molecule has 1 aromatic carbocycles. The highest BCUT2D eigenvalue weighted by Gasteiger charge is 2.13. The Kier molecular flexibility index (Phi) is 4.79. The van der Waals surface area contributed by atoms with E-state index in [1.165, 1.54) is 5.56 Å². The van der Waals surface area contributed by atoms with Crippen molar-refractivity contribution in [2.75, 3.05) is 27.7 Å². The Morgan fingerprint density at radius 2 is 2.00 bits per heavy atom. The molecular weight excluding hydrogens is 202 g/mol. The third-order valence-electron chi connectivity index (χ3n) is 2.52. The number of nitrogens with zero attached hydrogens (tertiary/aromatic N) is 2. The van der Waals surface area contributed by atoms with E-state index in [-0.39, 0.29) is 6.04 Å². The molecule has 0 aliphatic rings. The second kappa shape index (κ2) is 6.12. The first kappa shape index (κ1) is 12.5. The van der Waals surface area contributed by atoms with Crippen LogP contribution in [0.15, 0.2) is 29.4 Å². The Labute approximate surface area is 96.9 Å². The second-order valence-corrected chi connectivity index (χ2v) is 3.77. The Balaban J connectivity index is 2.79. The van der Waals surface area contributed by atoms with Crippen molar-refractivity contribution >= 4 is 6.72 Å². The van der Waals surface area contributed by atoms with E-state index < -0.39 is 0 Å². The molecular formula is C12H19N3O. The number of methoxy groups -OCH3 is 1. The van der Waals surface area contributed by atoms with Crippen LogP contribution in [0.5, 0.6) is 5.75 Å². The molecule has 1 rings (SSSR count). The number of rotatable bonds is 6. The van der Waals surface area contributed by atoms with Crippen molar-refractivity contribution < 1.29 is 4.74 Å². The van der Waals surface area contributed by atoms with Crippen LogP contribution in [0.25, 0.3) is 0 Å². The summed E-state index contributed by atoms with van der Waals surface area (Å²) in [6.45, 7) is 4.15. The van der Waals surface area contributed by atoms with Gasteiger partial charge in [0.25, 0.3) is 0 Å². The van der Waals surface area contributed by atoms with Gasteiger partial charge in [0, 0.05) is 6.72 Å². The van der Waals surface area contributed by atoms with Crippen molar-refractivity contribution in [2.24, 2.45) is 5.10 Å². The number of ether oxygens (including phenoxy) is 1. The van der Waals surface area contributed by atoms with Crippen LogP contribution in [0.2, 0.25) is 0 Å². The molecule has 0 aliphatic heterocycles. The van der Waals surface area contributed by atoms with E-state index in [0.29, 0.717) is 0 Å². The fourth-order valence-corrected chi connectivity index (χ4v) is 1.58. The van der Waals surface area contributed by atoms with Gasteiger partial charge in [-0.05, 0) is 31.8 Å². The van der Waals surface area contributed by atoms with Gasteiger partial charge < -0.3 is 15.1 Å². The smallest absolute Gasteiger partial charge is 0.118 e. The van der Waals surface area contributed by atoms with E-state index in [2.05, 4.69) is 34.3 Å². The van der Waals surface area contributed by atoms with Gasteiger partial charge in [-0.2, -0.15) is 5.10 Å². The Hall–Kier alpha value is -1.55. The van der Waals surface area contributed by atoms with Gasteiger partial charge >= 0.3 is 0 Å². The lowest BCUT2D eigenvalue weighted by Crippen LogP contribution is -2.28. The fraction of sp³-hybridized carbons (Fsp3) is 0.417. The maximum Gasteiger partial charge on any atom is 0.118 e. The molecule has 4 nitrogen and oxygen atoms in total. The molecule has 0 saturated heterocycles. The van der Waals surface area contributed by atoms with E-state index >= 15 is 0 Å². The first-order valence-electron chi connectivity index (χ1n) is 5.18. The number of benzene rings is 1. The fourth-order valence-electron chi connectivity index (χ4n) is 1.58. The largest absolute Gasteiger partial charge is 0.497 e. The van der Waals surface area contributed by atoms with Gasteiger partial charge in [-0.15, -0.1) is 0 Å². The second-order valence-electron chi connectivity index (χ2n) is 3.77. The van der Waals surface area contributed by atoms with Crippen molar-refractivity contribution in [1.29, 1.82) is 0 Å². The van der Waals surface area contributed by atoms with Crippen molar-refractivity contribution in [1.82, 2.24) is 10.3 Å². The highest BCUT2D eigenvalue weighted by atomic mass is 16.5. The molecule has 16 heavy (non-hydrogen) atoms. The van der Waals surface area contributed by atoms with Crippen molar-refractivity contribution in [3.8, 4) is 5.75 Å². The van der Waals surface area contributed by atoms with E-state index in [4.69, 9.17) is 4.74 Å². The molecule has 0 saturated carbocycles. The molecule has 1 aromatic rings. The Bertz CT molecular complexity index is 322. The molecule has 1 atom stereocenters. The lowest BCUT2D eigenvalue weighted by Gasteiger charge is -2.24. The molecule has 0 aliphatic carbocycles. The predicted octanol–water partition coefficient (Wildman–Crippen LogP) is 1.50. The van der Waals surface area contributed by atoms with Crippen LogP contribution in [-0.2, 0) is 0 Å². The van der Waals surface area contributed by atoms with Gasteiger partial charge in [-0.25, -0.2) is 0 Å². The molecule has 0 amide bonds. The molecule has 0 bridgehead atoms. The molecule has 0 spiro atoms. The van der Waals surface area contributed by atoms with Crippen LogP contribution < -0.4 is 10.2 Å². The van der Waals surface area contributed by atoms with Crippen LogP contribution in [-0.4, -0.2) is 39.4 Å². The number of hydrogen-bond acceptors (Lipinski definition) is 4. The molecule has 0 fully saturated rings. The van der Waals surface area contributed by atoms with Crippen LogP contribution in [0, 0.1) is 0 Å². The summed E-state index contributed by atoms with van der Waals surface area (Å²) in [4.78, 5) is 2.14. The Morgan fingerprint density at radius 3 is 2.44 bits per heavy atom. The SMILES string of the molecule is C=NNCC(c1ccc(OC)cc1)N(C)C.